The van der Waals surface area contributed by atoms with Gasteiger partial charge in [-0.25, -0.2) is 0 Å². The van der Waals surface area contributed by atoms with Crippen LogP contribution in [0.15, 0.2) is 18.2 Å². The van der Waals surface area contributed by atoms with Crippen LogP contribution in [0.25, 0.3) is 0 Å². The van der Waals surface area contributed by atoms with Gasteiger partial charge in [0.05, 0.1) is 5.02 Å². The predicted molar refractivity (Wildman–Crippen MR) is 87.5 cm³/mol. The molecule has 2 N–H and O–H groups in total. The van der Waals surface area contributed by atoms with Crippen LogP contribution < -0.4 is 5.32 Å². The van der Waals surface area contributed by atoms with E-state index in [0.717, 1.165) is 31.7 Å². The molecule has 3 rings (SSSR count). The fourth-order valence-electron chi connectivity index (χ4n) is 2.89. The summed E-state index contributed by atoms with van der Waals surface area (Å²) < 4.78 is 0. The van der Waals surface area contributed by atoms with Crippen molar-refractivity contribution < 1.29 is 5.11 Å². The molecule has 0 aromatic heterocycles. The van der Waals surface area contributed by atoms with Crippen LogP contribution in [0.1, 0.15) is 24.4 Å². The molecular formula is C14H21Cl3N2O. The second-order valence-electron chi connectivity index (χ2n) is 5.25. The Kier molecular flexibility index (Phi) is 6.89. The van der Waals surface area contributed by atoms with E-state index in [2.05, 4.69) is 10.2 Å². The van der Waals surface area contributed by atoms with Crippen LogP contribution in [-0.4, -0.2) is 36.2 Å². The fourth-order valence-corrected chi connectivity index (χ4v) is 3.07. The van der Waals surface area contributed by atoms with E-state index in [1.807, 2.05) is 12.1 Å². The van der Waals surface area contributed by atoms with Crippen LogP contribution in [0.3, 0.4) is 0 Å². The van der Waals surface area contributed by atoms with Crippen molar-refractivity contribution in [2.75, 3.05) is 26.2 Å². The molecule has 6 heteroatoms. The highest BCUT2D eigenvalue weighted by Crippen LogP contribution is 2.47. The summed E-state index contributed by atoms with van der Waals surface area (Å²) in [4.78, 5) is 2.49. The highest BCUT2D eigenvalue weighted by atomic mass is 35.5. The lowest BCUT2D eigenvalue weighted by atomic mass is 9.99. The SMILES string of the molecule is Cl.Cl.Oc1c(Cl)cccc1[C@H](C1CC1)N1CCNCC1. The molecular weight excluding hydrogens is 319 g/mol. The lowest BCUT2D eigenvalue weighted by Gasteiger charge is -2.35. The summed E-state index contributed by atoms with van der Waals surface area (Å²) in [5, 5.41) is 14.0. The quantitative estimate of drug-likeness (QED) is 0.887. The van der Waals surface area contributed by atoms with Gasteiger partial charge in [0.15, 0.2) is 0 Å². The van der Waals surface area contributed by atoms with Crippen molar-refractivity contribution in [2.24, 2.45) is 5.92 Å². The molecule has 0 amide bonds. The van der Waals surface area contributed by atoms with Crippen molar-refractivity contribution in [2.45, 2.75) is 18.9 Å². The normalized spacial score (nSPS) is 20.6. The summed E-state index contributed by atoms with van der Waals surface area (Å²) in [6.07, 6.45) is 2.53. The Morgan fingerprint density at radius 3 is 2.45 bits per heavy atom. The molecule has 0 unspecified atom stereocenters. The fraction of sp³-hybridized carbons (Fsp3) is 0.571. The number of rotatable bonds is 3. The number of nitrogens with zero attached hydrogens (tertiary/aromatic N) is 1. The smallest absolute Gasteiger partial charge is 0.138 e. The summed E-state index contributed by atoms with van der Waals surface area (Å²) in [5.74, 6) is 0.960. The van der Waals surface area contributed by atoms with Crippen molar-refractivity contribution in [3.63, 3.8) is 0 Å². The molecule has 1 saturated carbocycles. The minimum absolute atomic E-state index is 0. The average Bonchev–Trinajstić information content (AvgIpc) is 3.21. The Morgan fingerprint density at radius 2 is 1.85 bits per heavy atom. The standard InChI is InChI=1S/C14H19ClN2O.2ClH/c15-12-3-1-2-11(14(12)18)13(10-4-5-10)17-8-6-16-7-9-17;;/h1-3,10,13,16,18H,4-9H2;2*1H/t13-;;/m0../s1. The molecule has 3 nitrogen and oxygen atoms in total. The number of nitrogens with one attached hydrogen (secondary N) is 1. The number of phenolic OH excluding ortho intramolecular Hbond substituents is 1. The monoisotopic (exact) mass is 338 g/mol. The third-order valence-corrected chi connectivity index (χ3v) is 4.26. The number of halogens is 3. The van der Waals surface area contributed by atoms with Crippen molar-refractivity contribution in [3.8, 4) is 5.75 Å². The van der Waals surface area contributed by atoms with Gasteiger partial charge in [-0.3, -0.25) is 4.90 Å². The van der Waals surface area contributed by atoms with Gasteiger partial charge in [0.1, 0.15) is 5.75 Å². The van der Waals surface area contributed by atoms with Crippen LogP contribution in [-0.2, 0) is 0 Å². The molecule has 0 radical (unpaired) electrons. The molecule has 1 aliphatic heterocycles. The Hall–Kier alpha value is -0.190. The molecule has 2 fully saturated rings. The molecule has 1 saturated heterocycles. The van der Waals surface area contributed by atoms with E-state index in [1.54, 1.807) is 6.07 Å². The Bertz CT molecular complexity index is 434. The number of hydrogen-bond acceptors (Lipinski definition) is 3. The van der Waals surface area contributed by atoms with E-state index in [1.165, 1.54) is 12.8 Å². The van der Waals surface area contributed by atoms with Gasteiger partial charge in [-0.05, 0) is 24.8 Å². The molecule has 1 aromatic carbocycles. The van der Waals surface area contributed by atoms with Crippen molar-refractivity contribution >= 4 is 36.4 Å². The van der Waals surface area contributed by atoms with Crippen LogP contribution in [0, 0.1) is 5.92 Å². The van der Waals surface area contributed by atoms with Gasteiger partial charge in [-0.15, -0.1) is 24.8 Å². The Labute approximate surface area is 137 Å². The van der Waals surface area contributed by atoms with E-state index in [9.17, 15) is 5.11 Å². The van der Waals surface area contributed by atoms with E-state index in [4.69, 9.17) is 11.6 Å². The minimum atomic E-state index is 0. The molecule has 114 valence electrons. The summed E-state index contributed by atoms with van der Waals surface area (Å²) in [5.41, 5.74) is 1.01. The Balaban J connectivity index is 0.000001000. The zero-order chi connectivity index (χ0) is 12.5. The summed E-state index contributed by atoms with van der Waals surface area (Å²) >= 11 is 6.04. The van der Waals surface area contributed by atoms with Crippen molar-refractivity contribution in [3.05, 3.63) is 28.8 Å². The van der Waals surface area contributed by atoms with Crippen molar-refractivity contribution in [1.82, 2.24) is 10.2 Å². The minimum Gasteiger partial charge on any atom is -0.506 e. The zero-order valence-corrected chi connectivity index (χ0v) is 13.6. The zero-order valence-electron chi connectivity index (χ0n) is 11.2. The second kappa shape index (κ2) is 7.71. The number of para-hydroxylation sites is 1. The number of piperazine rings is 1. The molecule has 1 heterocycles. The summed E-state index contributed by atoms with van der Waals surface area (Å²) in [6, 6.07) is 6.05. The molecule has 0 bridgehead atoms. The molecule has 1 aliphatic carbocycles. The van der Waals surface area contributed by atoms with E-state index < -0.39 is 0 Å². The van der Waals surface area contributed by atoms with E-state index in [-0.39, 0.29) is 30.6 Å². The topological polar surface area (TPSA) is 35.5 Å². The largest absolute Gasteiger partial charge is 0.506 e. The van der Waals surface area contributed by atoms with E-state index in [0.29, 0.717) is 17.0 Å². The third kappa shape index (κ3) is 3.71. The summed E-state index contributed by atoms with van der Waals surface area (Å²) in [7, 11) is 0. The van der Waals surface area contributed by atoms with Gasteiger partial charge in [0, 0.05) is 37.8 Å². The van der Waals surface area contributed by atoms with Gasteiger partial charge in [0.25, 0.3) is 0 Å². The predicted octanol–water partition coefficient (Wildman–Crippen LogP) is 3.25. The highest BCUT2D eigenvalue weighted by Gasteiger charge is 2.38. The molecule has 2 aliphatic rings. The maximum atomic E-state index is 10.2. The molecule has 1 atom stereocenters. The lowest BCUT2D eigenvalue weighted by Crippen LogP contribution is -2.45. The van der Waals surface area contributed by atoms with Gasteiger partial charge in [-0.1, -0.05) is 23.7 Å². The Morgan fingerprint density at radius 1 is 1.20 bits per heavy atom. The average molecular weight is 340 g/mol. The number of hydrogen-bond donors (Lipinski definition) is 2. The molecule has 20 heavy (non-hydrogen) atoms. The maximum absolute atomic E-state index is 10.2. The van der Waals surface area contributed by atoms with Gasteiger partial charge < -0.3 is 10.4 Å². The van der Waals surface area contributed by atoms with E-state index >= 15 is 0 Å². The first-order valence-electron chi connectivity index (χ1n) is 6.69. The third-order valence-electron chi connectivity index (χ3n) is 3.95. The molecule has 0 spiro atoms. The van der Waals surface area contributed by atoms with Crippen LogP contribution in [0.5, 0.6) is 5.75 Å². The summed E-state index contributed by atoms with van der Waals surface area (Å²) in [6.45, 7) is 4.16. The lowest BCUT2D eigenvalue weighted by molar-refractivity contribution is 0.153. The van der Waals surface area contributed by atoms with Crippen molar-refractivity contribution in [1.29, 1.82) is 0 Å². The number of aromatic hydroxyl groups is 1. The van der Waals surface area contributed by atoms with Crippen LogP contribution in [0.2, 0.25) is 5.02 Å². The highest BCUT2D eigenvalue weighted by molar-refractivity contribution is 6.32. The van der Waals surface area contributed by atoms with Gasteiger partial charge >= 0.3 is 0 Å². The number of benzene rings is 1. The first-order valence-corrected chi connectivity index (χ1v) is 7.07. The first-order chi connectivity index (χ1) is 8.77. The van der Waals surface area contributed by atoms with Gasteiger partial charge in [0.2, 0.25) is 0 Å². The second-order valence-corrected chi connectivity index (χ2v) is 5.65. The van der Waals surface area contributed by atoms with Crippen LogP contribution in [0.4, 0.5) is 0 Å². The van der Waals surface area contributed by atoms with Gasteiger partial charge in [-0.2, -0.15) is 0 Å². The van der Waals surface area contributed by atoms with Crippen LogP contribution >= 0.6 is 36.4 Å². The number of phenols is 1. The molecule has 1 aromatic rings. The first kappa shape index (κ1) is 17.9. The maximum Gasteiger partial charge on any atom is 0.138 e.